The highest BCUT2D eigenvalue weighted by molar-refractivity contribution is 5.93. The Bertz CT molecular complexity index is 574. The molecule has 112 valence electrons. The maximum absolute atomic E-state index is 11.7. The molecule has 1 aliphatic rings. The number of allylic oxidation sites excluding steroid dienone is 1. The van der Waals surface area contributed by atoms with Crippen molar-refractivity contribution >= 4 is 11.9 Å². The van der Waals surface area contributed by atoms with Crippen LogP contribution in [0.3, 0.4) is 0 Å². The molecule has 1 aromatic carbocycles. The van der Waals surface area contributed by atoms with Crippen molar-refractivity contribution in [2.24, 2.45) is 0 Å². The average Bonchev–Trinajstić information content (AvgIpc) is 2.81. The van der Waals surface area contributed by atoms with Crippen molar-refractivity contribution in [1.29, 1.82) is 0 Å². The van der Waals surface area contributed by atoms with Crippen molar-refractivity contribution in [3.8, 4) is 0 Å². The van der Waals surface area contributed by atoms with Crippen molar-refractivity contribution < 1.29 is 19.1 Å². The molecule has 4 heteroatoms. The van der Waals surface area contributed by atoms with Gasteiger partial charge in [0.1, 0.15) is 6.10 Å². The summed E-state index contributed by atoms with van der Waals surface area (Å²) in [6.45, 7) is 5.38. The highest BCUT2D eigenvalue weighted by atomic mass is 16.6. The number of hydrogen-bond donors (Lipinski definition) is 0. The van der Waals surface area contributed by atoms with Crippen LogP contribution in [0, 0.1) is 0 Å². The van der Waals surface area contributed by atoms with Crippen LogP contribution in [-0.2, 0) is 14.3 Å². The smallest absolute Gasteiger partial charge is 0.339 e. The molecule has 2 rings (SSSR count). The lowest BCUT2D eigenvalue weighted by molar-refractivity contribution is -0.143. The Kier molecular flexibility index (Phi) is 4.78. The minimum Gasteiger partial charge on any atom is -0.459 e. The van der Waals surface area contributed by atoms with Gasteiger partial charge in [0.15, 0.2) is 0 Å². The predicted molar refractivity (Wildman–Crippen MR) is 78.8 cm³/mol. The minimum absolute atomic E-state index is 0.209. The number of esters is 2. The van der Waals surface area contributed by atoms with E-state index in [1.54, 1.807) is 26.0 Å². The first-order chi connectivity index (χ1) is 10.0. The number of carbonyl (C=O) groups is 2. The Morgan fingerprint density at radius 2 is 2.14 bits per heavy atom. The quantitative estimate of drug-likeness (QED) is 0.614. The van der Waals surface area contributed by atoms with E-state index < -0.39 is 0 Å². The average molecular weight is 288 g/mol. The monoisotopic (exact) mass is 288 g/mol. The molecule has 2 atom stereocenters. The number of ether oxygens (including phenoxy) is 2. The zero-order valence-corrected chi connectivity index (χ0v) is 12.6. The highest BCUT2D eigenvalue weighted by Gasteiger charge is 2.30. The number of benzene rings is 1. The number of cyclic esters (lactones) is 1. The normalized spacial score (nSPS) is 18.9. The molecule has 0 bridgehead atoms. The summed E-state index contributed by atoms with van der Waals surface area (Å²) >= 11 is 0. The first-order valence-corrected chi connectivity index (χ1v) is 7.16. The van der Waals surface area contributed by atoms with Crippen LogP contribution in [0.2, 0.25) is 0 Å². The standard InChI is InChI=1S/C17H20O4/c1-4-11(2)16(18)20-12(3)9-10-15-13-7-5-6-8-14(13)17(19)21-15/h4-8,12,15H,9-10H2,1-3H3/b11-4+. The fourth-order valence-corrected chi connectivity index (χ4v) is 2.27. The third kappa shape index (κ3) is 3.51. The third-order valence-corrected chi connectivity index (χ3v) is 3.68. The van der Waals surface area contributed by atoms with E-state index in [9.17, 15) is 9.59 Å². The van der Waals surface area contributed by atoms with E-state index in [-0.39, 0.29) is 24.1 Å². The van der Waals surface area contributed by atoms with Crippen molar-refractivity contribution in [3.63, 3.8) is 0 Å². The molecule has 1 heterocycles. The molecule has 0 saturated carbocycles. The Morgan fingerprint density at radius 3 is 2.86 bits per heavy atom. The van der Waals surface area contributed by atoms with E-state index in [4.69, 9.17) is 9.47 Å². The molecule has 2 unspecified atom stereocenters. The molecular formula is C17H20O4. The Morgan fingerprint density at radius 1 is 1.43 bits per heavy atom. The van der Waals surface area contributed by atoms with Crippen LogP contribution >= 0.6 is 0 Å². The molecule has 21 heavy (non-hydrogen) atoms. The fourth-order valence-electron chi connectivity index (χ4n) is 2.27. The van der Waals surface area contributed by atoms with Crippen LogP contribution in [0.15, 0.2) is 35.9 Å². The van der Waals surface area contributed by atoms with Gasteiger partial charge in [-0.3, -0.25) is 0 Å². The summed E-state index contributed by atoms with van der Waals surface area (Å²) in [6.07, 6.45) is 2.57. The topological polar surface area (TPSA) is 52.6 Å². The lowest BCUT2D eigenvalue weighted by Gasteiger charge is -2.16. The molecular weight excluding hydrogens is 268 g/mol. The molecule has 4 nitrogen and oxygen atoms in total. The summed E-state index contributed by atoms with van der Waals surface area (Å²) in [5.41, 5.74) is 2.15. The summed E-state index contributed by atoms with van der Waals surface area (Å²) in [7, 11) is 0. The SMILES string of the molecule is C/C=C(\C)C(=O)OC(C)CCC1OC(=O)c2ccccc21. The van der Waals surface area contributed by atoms with Gasteiger partial charge in [-0.25, -0.2) is 9.59 Å². The molecule has 0 N–H and O–H groups in total. The van der Waals surface area contributed by atoms with E-state index >= 15 is 0 Å². The Hall–Kier alpha value is -2.10. The van der Waals surface area contributed by atoms with Gasteiger partial charge >= 0.3 is 11.9 Å². The van der Waals surface area contributed by atoms with Crippen molar-refractivity contribution in [3.05, 3.63) is 47.0 Å². The van der Waals surface area contributed by atoms with Crippen LogP contribution in [0.5, 0.6) is 0 Å². The Labute approximate surface area is 124 Å². The number of carbonyl (C=O) groups excluding carboxylic acids is 2. The van der Waals surface area contributed by atoms with E-state index in [0.717, 1.165) is 5.56 Å². The van der Waals surface area contributed by atoms with Crippen molar-refractivity contribution in [2.45, 2.75) is 45.8 Å². The largest absolute Gasteiger partial charge is 0.459 e. The lowest BCUT2D eigenvalue weighted by Crippen LogP contribution is -2.16. The van der Waals surface area contributed by atoms with Crippen LogP contribution in [-0.4, -0.2) is 18.0 Å². The van der Waals surface area contributed by atoms with E-state index in [1.807, 2.05) is 25.1 Å². The molecule has 0 fully saturated rings. The summed E-state index contributed by atoms with van der Waals surface area (Å²) < 4.78 is 10.7. The molecule has 0 spiro atoms. The van der Waals surface area contributed by atoms with E-state index in [2.05, 4.69) is 0 Å². The second-order valence-corrected chi connectivity index (χ2v) is 5.25. The highest BCUT2D eigenvalue weighted by Crippen LogP contribution is 2.34. The van der Waals surface area contributed by atoms with Gasteiger partial charge in [0.05, 0.1) is 11.7 Å². The number of rotatable bonds is 5. The molecule has 0 aliphatic carbocycles. The maximum atomic E-state index is 11.7. The summed E-state index contributed by atoms with van der Waals surface area (Å²) in [4.78, 5) is 23.4. The molecule has 0 aromatic heterocycles. The van der Waals surface area contributed by atoms with Gasteiger partial charge in [-0.2, -0.15) is 0 Å². The zero-order chi connectivity index (χ0) is 15.4. The fraction of sp³-hybridized carbons (Fsp3) is 0.412. The van der Waals surface area contributed by atoms with Crippen LogP contribution in [0.1, 0.15) is 55.6 Å². The van der Waals surface area contributed by atoms with Gasteiger partial charge in [0, 0.05) is 11.1 Å². The molecule has 1 aromatic rings. The maximum Gasteiger partial charge on any atom is 0.339 e. The molecule has 0 saturated heterocycles. The van der Waals surface area contributed by atoms with Crippen molar-refractivity contribution in [2.75, 3.05) is 0 Å². The van der Waals surface area contributed by atoms with E-state index in [1.165, 1.54) is 0 Å². The second-order valence-electron chi connectivity index (χ2n) is 5.25. The van der Waals surface area contributed by atoms with Crippen molar-refractivity contribution in [1.82, 2.24) is 0 Å². The molecule has 0 amide bonds. The lowest BCUT2D eigenvalue weighted by atomic mass is 10.0. The van der Waals surface area contributed by atoms with E-state index in [0.29, 0.717) is 24.0 Å². The summed E-state index contributed by atoms with van der Waals surface area (Å²) in [5.74, 6) is -0.571. The summed E-state index contributed by atoms with van der Waals surface area (Å²) in [6, 6.07) is 7.40. The van der Waals surface area contributed by atoms with Gasteiger partial charge < -0.3 is 9.47 Å². The van der Waals surface area contributed by atoms with Crippen LogP contribution in [0.4, 0.5) is 0 Å². The molecule has 1 aliphatic heterocycles. The van der Waals surface area contributed by atoms with Gasteiger partial charge in [0.2, 0.25) is 0 Å². The summed E-state index contributed by atoms with van der Waals surface area (Å²) in [5, 5.41) is 0. The Balaban J connectivity index is 1.90. The van der Waals surface area contributed by atoms with Crippen LogP contribution < -0.4 is 0 Å². The van der Waals surface area contributed by atoms with Gasteiger partial charge in [-0.1, -0.05) is 24.3 Å². The van der Waals surface area contributed by atoms with Gasteiger partial charge in [-0.15, -0.1) is 0 Å². The third-order valence-electron chi connectivity index (χ3n) is 3.68. The first kappa shape index (κ1) is 15.3. The zero-order valence-electron chi connectivity index (χ0n) is 12.6. The first-order valence-electron chi connectivity index (χ1n) is 7.16. The number of hydrogen-bond acceptors (Lipinski definition) is 4. The van der Waals surface area contributed by atoms with Gasteiger partial charge in [0.25, 0.3) is 0 Å². The molecule has 0 radical (unpaired) electrons. The predicted octanol–water partition coefficient (Wildman–Crippen LogP) is 3.58. The van der Waals surface area contributed by atoms with Crippen LogP contribution in [0.25, 0.3) is 0 Å². The van der Waals surface area contributed by atoms with Gasteiger partial charge in [-0.05, 0) is 39.7 Å². The second kappa shape index (κ2) is 6.57. The minimum atomic E-state index is -0.297. The number of fused-ring (bicyclic) bond motifs is 1.